The monoisotopic (exact) mass is 137 g/mol. The summed E-state index contributed by atoms with van der Waals surface area (Å²) < 4.78 is 0. The first-order chi connectivity index (χ1) is 4.54. The van der Waals surface area contributed by atoms with Crippen molar-refractivity contribution >= 4 is 0 Å². The maximum absolute atomic E-state index is 3.86. The van der Waals surface area contributed by atoms with Crippen LogP contribution in [0, 0.1) is 12.8 Å². The van der Waals surface area contributed by atoms with E-state index in [0.717, 1.165) is 0 Å². The minimum atomic E-state index is 0.411. The summed E-state index contributed by atoms with van der Waals surface area (Å²) in [5.74, 6) is 0.411. The number of allylic oxidation sites excluding steroid dienone is 4. The Morgan fingerprint density at radius 1 is 1.30 bits per heavy atom. The molecule has 0 spiro atoms. The first-order valence-electron chi connectivity index (χ1n) is 3.69. The summed E-state index contributed by atoms with van der Waals surface area (Å²) in [5, 5.41) is 0. The highest BCUT2D eigenvalue weighted by Gasteiger charge is 1.86. The van der Waals surface area contributed by atoms with E-state index in [4.69, 9.17) is 0 Å². The fourth-order valence-electron chi connectivity index (χ4n) is 0.475. The second-order valence-corrected chi connectivity index (χ2v) is 3.02. The molecule has 0 heterocycles. The molecule has 0 aliphatic heterocycles. The zero-order valence-electron chi connectivity index (χ0n) is 7.44. The first kappa shape index (κ1) is 9.48. The van der Waals surface area contributed by atoms with E-state index in [1.165, 1.54) is 11.1 Å². The predicted octanol–water partition coefficient (Wildman–Crippen LogP) is 3.37. The van der Waals surface area contributed by atoms with Gasteiger partial charge in [0, 0.05) is 0 Å². The van der Waals surface area contributed by atoms with Crippen molar-refractivity contribution in [3.05, 3.63) is 30.2 Å². The molecular formula is C10H17. The van der Waals surface area contributed by atoms with Crippen LogP contribution in [-0.2, 0) is 0 Å². The molecule has 0 saturated heterocycles. The lowest BCUT2D eigenvalue weighted by Crippen LogP contribution is -1.79. The van der Waals surface area contributed by atoms with E-state index in [2.05, 4.69) is 46.8 Å². The number of hydrogen-bond acceptors (Lipinski definition) is 0. The van der Waals surface area contributed by atoms with Crippen molar-refractivity contribution in [3.63, 3.8) is 0 Å². The highest BCUT2D eigenvalue weighted by molar-refractivity contribution is 5.21. The molecule has 1 atom stereocenters. The summed E-state index contributed by atoms with van der Waals surface area (Å²) in [6.45, 7) is 12.3. The molecule has 0 N–H and O–H groups in total. The van der Waals surface area contributed by atoms with Gasteiger partial charge in [0.2, 0.25) is 0 Å². The Labute approximate surface area is 64.6 Å². The average Bonchev–Trinajstić information content (AvgIpc) is 1.82. The summed E-state index contributed by atoms with van der Waals surface area (Å²) in [6.07, 6.45) is 4.25. The van der Waals surface area contributed by atoms with Gasteiger partial charge in [-0.1, -0.05) is 30.2 Å². The van der Waals surface area contributed by atoms with Gasteiger partial charge in [-0.3, -0.25) is 0 Å². The summed E-state index contributed by atoms with van der Waals surface area (Å²) in [6, 6.07) is 0. The SMILES string of the molecule is [CH2]C(C)C=CC(C)=C(C)C. The zero-order chi connectivity index (χ0) is 8.15. The Hall–Kier alpha value is -0.520. The average molecular weight is 137 g/mol. The molecular weight excluding hydrogens is 120 g/mol. The second kappa shape index (κ2) is 4.32. The molecule has 0 amide bonds. The fraction of sp³-hybridized carbons (Fsp3) is 0.500. The van der Waals surface area contributed by atoms with Crippen molar-refractivity contribution in [1.82, 2.24) is 0 Å². The topological polar surface area (TPSA) is 0 Å². The molecule has 0 aromatic carbocycles. The number of hydrogen-bond donors (Lipinski definition) is 0. The predicted molar refractivity (Wildman–Crippen MR) is 47.7 cm³/mol. The van der Waals surface area contributed by atoms with E-state index < -0.39 is 0 Å². The van der Waals surface area contributed by atoms with Crippen LogP contribution in [0.25, 0.3) is 0 Å². The maximum atomic E-state index is 3.86. The molecule has 0 heteroatoms. The standard InChI is InChI=1S/C10H17/c1-8(2)6-7-10(5)9(3)4/h6-8H,1H2,2-5H3. The summed E-state index contributed by atoms with van der Waals surface area (Å²) in [7, 11) is 0. The lowest BCUT2D eigenvalue weighted by Gasteiger charge is -1.96. The Balaban J connectivity index is 4.03. The molecule has 10 heavy (non-hydrogen) atoms. The largest absolute Gasteiger partial charge is 0.0814 e. The van der Waals surface area contributed by atoms with Crippen molar-refractivity contribution in [3.8, 4) is 0 Å². The first-order valence-corrected chi connectivity index (χ1v) is 3.69. The molecule has 0 aliphatic rings. The highest BCUT2D eigenvalue weighted by atomic mass is 13.9. The van der Waals surface area contributed by atoms with E-state index in [-0.39, 0.29) is 0 Å². The van der Waals surface area contributed by atoms with Crippen LogP contribution in [0.4, 0.5) is 0 Å². The molecule has 1 radical (unpaired) electrons. The van der Waals surface area contributed by atoms with Gasteiger partial charge in [-0.25, -0.2) is 0 Å². The van der Waals surface area contributed by atoms with Crippen molar-refractivity contribution in [1.29, 1.82) is 0 Å². The highest BCUT2D eigenvalue weighted by Crippen LogP contribution is 2.05. The van der Waals surface area contributed by atoms with Gasteiger partial charge in [0.15, 0.2) is 0 Å². The zero-order valence-corrected chi connectivity index (χ0v) is 7.44. The van der Waals surface area contributed by atoms with Crippen molar-refractivity contribution in [2.24, 2.45) is 5.92 Å². The Morgan fingerprint density at radius 2 is 1.80 bits per heavy atom. The van der Waals surface area contributed by atoms with Gasteiger partial charge >= 0.3 is 0 Å². The molecule has 0 nitrogen and oxygen atoms in total. The van der Waals surface area contributed by atoms with Crippen LogP contribution in [0.3, 0.4) is 0 Å². The minimum Gasteiger partial charge on any atom is -0.0814 e. The van der Waals surface area contributed by atoms with Crippen molar-refractivity contribution < 1.29 is 0 Å². The van der Waals surface area contributed by atoms with Gasteiger partial charge in [0.25, 0.3) is 0 Å². The maximum Gasteiger partial charge on any atom is -0.0259 e. The molecule has 0 aliphatic carbocycles. The van der Waals surface area contributed by atoms with E-state index in [1.54, 1.807) is 0 Å². The quantitative estimate of drug-likeness (QED) is 0.512. The van der Waals surface area contributed by atoms with Crippen LogP contribution in [0.5, 0.6) is 0 Å². The van der Waals surface area contributed by atoms with E-state index in [1.807, 2.05) is 0 Å². The fourth-order valence-corrected chi connectivity index (χ4v) is 0.475. The van der Waals surface area contributed by atoms with Crippen LogP contribution in [0.15, 0.2) is 23.3 Å². The van der Waals surface area contributed by atoms with Crippen molar-refractivity contribution in [2.75, 3.05) is 0 Å². The van der Waals surface area contributed by atoms with Gasteiger partial charge in [0.1, 0.15) is 0 Å². The minimum absolute atomic E-state index is 0.411. The Bertz CT molecular complexity index is 143. The van der Waals surface area contributed by atoms with Crippen LogP contribution in [0.1, 0.15) is 27.7 Å². The normalized spacial score (nSPS) is 11.0. The smallest absolute Gasteiger partial charge is 0.0259 e. The van der Waals surface area contributed by atoms with E-state index >= 15 is 0 Å². The second-order valence-electron chi connectivity index (χ2n) is 3.02. The lowest BCUT2D eigenvalue weighted by molar-refractivity contribution is 0.934. The van der Waals surface area contributed by atoms with Crippen LogP contribution >= 0.6 is 0 Å². The molecule has 0 bridgehead atoms. The van der Waals surface area contributed by atoms with Crippen LogP contribution < -0.4 is 0 Å². The van der Waals surface area contributed by atoms with Crippen molar-refractivity contribution in [2.45, 2.75) is 27.7 Å². The molecule has 57 valence electrons. The molecule has 1 unspecified atom stereocenters. The third kappa shape index (κ3) is 4.37. The Morgan fingerprint density at radius 3 is 2.10 bits per heavy atom. The van der Waals surface area contributed by atoms with Gasteiger partial charge in [-0.15, -0.1) is 0 Å². The summed E-state index contributed by atoms with van der Waals surface area (Å²) in [4.78, 5) is 0. The van der Waals surface area contributed by atoms with E-state index in [9.17, 15) is 0 Å². The number of rotatable bonds is 2. The third-order valence-corrected chi connectivity index (χ3v) is 1.46. The van der Waals surface area contributed by atoms with Crippen LogP contribution in [-0.4, -0.2) is 0 Å². The summed E-state index contributed by atoms with van der Waals surface area (Å²) >= 11 is 0. The third-order valence-electron chi connectivity index (χ3n) is 1.46. The van der Waals surface area contributed by atoms with Gasteiger partial charge in [-0.05, 0) is 33.6 Å². The molecule has 0 saturated carbocycles. The van der Waals surface area contributed by atoms with Crippen LogP contribution in [0.2, 0.25) is 0 Å². The molecule has 0 aromatic heterocycles. The van der Waals surface area contributed by atoms with Gasteiger partial charge < -0.3 is 0 Å². The molecule has 0 aromatic rings. The van der Waals surface area contributed by atoms with Gasteiger partial charge in [0.05, 0.1) is 0 Å². The lowest BCUT2D eigenvalue weighted by atomic mass is 10.1. The van der Waals surface area contributed by atoms with E-state index in [0.29, 0.717) is 5.92 Å². The van der Waals surface area contributed by atoms with Gasteiger partial charge in [-0.2, -0.15) is 0 Å². The summed E-state index contributed by atoms with van der Waals surface area (Å²) in [5.41, 5.74) is 2.72. The Kier molecular flexibility index (Phi) is 4.10. The molecule has 0 fully saturated rings. The molecule has 0 rings (SSSR count).